The van der Waals surface area contributed by atoms with Gasteiger partial charge in [0.25, 0.3) is 0 Å². The molecule has 1 aliphatic carbocycles. The number of carboxylic acids is 1. The molecular formula is C11H18F3NO3. The third kappa shape index (κ3) is 4.13. The normalized spacial score (nSPS) is 23.6. The quantitative estimate of drug-likeness (QED) is 0.675. The second-order valence-electron chi connectivity index (χ2n) is 4.84. The highest BCUT2D eigenvalue weighted by atomic mass is 19.4. The molecule has 0 amide bonds. The Morgan fingerprint density at radius 2 is 1.61 bits per heavy atom. The van der Waals surface area contributed by atoms with Crippen LogP contribution < -0.4 is 5.32 Å². The van der Waals surface area contributed by atoms with Crippen molar-refractivity contribution in [2.75, 3.05) is 13.1 Å². The lowest BCUT2D eigenvalue weighted by molar-refractivity contribution is -0.192. The van der Waals surface area contributed by atoms with Crippen LogP contribution in [0.15, 0.2) is 0 Å². The van der Waals surface area contributed by atoms with Gasteiger partial charge in [0, 0.05) is 13.1 Å². The van der Waals surface area contributed by atoms with E-state index < -0.39 is 12.1 Å². The van der Waals surface area contributed by atoms with Gasteiger partial charge in [0.15, 0.2) is 0 Å². The van der Waals surface area contributed by atoms with E-state index in [1.54, 1.807) is 0 Å². The lowest BCUT2D eigenvalue weighted by Crippen LogP contribution is -2.63. The van der Waals surface area contributed by atoms with Gasteiger partial charge in [-0.1, -0.05) is 19.3 Å². The summed E-state index contributed by atoms with van der Waals surface area (Å²) < 4.78 is 31.7. The Hall–Kier alpha value is -0.820. The van der Waals surface area contributed by atoms with Crippen LogP contribution in [0.25, 0.3) is 0 Å². The highest BCUT2D eigenvalue weighted by molar-refractivity contribution is 5.73. The number of rotatable bonds is 1. The molecule has 7 heteroatoms. The largest absolute Gasteiger partial charge is 0.490 e. The predicted octanol–water partition coefficient (Wildman–Crippen LogP) is 1.53. The van der Waals surface area contributed by atoms with E-state index in [9.17, 15) is 18.3 Å². The average Bonchev–Trinajstić information content (AvgIpc) is 2.26. The third-order valence-electron chi connectivity index (χ3n) is 3.47. The summed E-state index contributed by atoms with van der Waals surface area (Å²) in [6.07, 6.45) is 1.44. The van der Waals surface area contributed by atoms with E-state index in [0.717, 1.165) is 13.1 Å². The van der Waals surface area contributed by atoms with Crippen LogP contribution in [-0.4, -0.2) is 41.0 Å². The molecule has 0 aromatic carbocycles. The number of halogens is 3. The van der Waals surface area contributed by atoms with Crippen LogP contribution in [0.2, 0.25) is 0 Å². The minimum Gasteiger partial charge on any atom is -0.475 e. The summed E-state index contributed by atoms with van der Waals surface area (Å²) >= 11 is 0. The van der Waals surface area contributed by atoms with Gasteiger partial charge in [0.1, 0.15) is 0 Å². The highest BCUT2D eigenvalue weighted by Crippen LogP contribution is 2.34. The Kier molecular flexibility index (Phi) is 4.98. The zero-order valence-corrected chi connectivity index (χ0v) is 9.96. The number of aliphatic hydroxyl groups is 1. The van der Waals surface area contributed by atoms with Crippen molar-refractivity contribution in [1.82, 2.24) is 5.32 Å². The molecule has 1 saturated heterocycles. The first-order valence-corrected chi connectivity index (χ1v) is 5.99. The second kappa shape index (κ2) is 5.88. The van der Waals surface area contributed by atoms with Gasteiger partial charge in [-0.05, 0) is 18.8 Å². The van der Waals surface area contributed by atoms with Gasteiger partial charge in [-0.3, -0.25) is 0 Å². The van der Waals surface area contributed by atoms with Gasteiger partial charge in [-0.2, -0.15) is 13.2 Å². The summed E-state index contributed by atoms with van der Waals surface area (Å²) in [6, 6.07) is 0. The lowest BCUT2D eigenvalue weighted by Gasteiger charge is -2.45. The molecule has 2 fully saturated rings. The maximum atomic E-state index is 10.6. The third-order valence-corrected chi connectivity index (χ3v) is 3.47. The molecule has 1 saturated carbocycles. The zero-order chi connectivity index (χ0) is 13.8. The van der Waals surface area contributed by atoms with Gasteiger partial charge in [0.2, 0.25) is 0 Å². The molecule has 0 bridgehead atoms. The van der Waals surface area contributed by atoms with Crippen molar-refractivity contribution in [1.29, 1.82) is 0 Å². The average molecular weight is 269 g/mol. The molecule has 3 N–H and O–H groups in total. The van der Waals surface area contributed by atoms with Crippen molar-refractivity contribution >= 4 is 5.97 Å². The van der Waals surface area contributed by atoms with Crippen LogP contribution in [0.4, 0.5) is 13.2 Å². The molecule has 0 aromatic heterocycles. The van der Waals surface area contributed by atoms with Crippen molar-refractivity contribution in [3.63, 3.8) is 0 Å². The molecule has 0 atom stereocenters. The number of alkyl halides is 3. The first-order valence-electron chi connectivity index (χ1n) is 5.99. The molecule has 18 heavy (non-hydrogen) atoms. The summed E-state index contributed by atoms with van der Waals surface area (Å²) in [4.78, 5) is 8.90. The van der Waals surface area contributed by atoms with Crippen LogP contribution in [0.5, 0.6) is 0 Å². The molecule has 1 heterocycles. The first kappa shape index (κ1) is 15.2. The summed E-state index contributed by atoms with van der Waals surface area (Å²) in [5, 5.41) is 20.2. The van der Waals surface area contributed by atoms with Crippen molar-refractivity contribution in [2.24, 2.45) is 5.92 Å². The number of hydrogen-bond donors (Lipinski definition) is 3. The monoisotopic (exact) mass is 269 g/mol. The Morgan fingerprint density at radius 1 is 1.17 bits per heavy atom. The van der Waals surface area contributed by atoms with Gasteiger partial charge in [0.05, 0.1) is 5.60 Å². The number of nitrogens with one attached hydrogen (secondary N) is 1. The van der Waals surface area contributed by atoms with Crippen molar-refractivity contribution in [3.05, 3.63) is 0 Å². The molecule has 4 nitrogen and oxygen atoms in total. The van der Waals surface area contributed by atoms with Crippen LogP contribution in [0.3, 0.4) is 0 Å². The molecule has 0 unspecified atom stereocenters. The van der Waals surface area contributed by atoms with E-state index in [2.05, 4.69) is 5.32 Å². The van der Waals surface area contributed by atoms with Crippen molar-refractivity contribution < 1.29 is 28.2 Å². The number of β-amino-alcohol motifs (C(OH)–C–C–N with tert-alkyl or cyclic N) is 1. The Balaban J connectivity index is 0.000000203. The second-order valence-corrected chi connectivity index (χ2v) is 4.84. The number of aliphatic carboxylic acids is 1. The predicted molar refractivity (Wildman–Crippen MR) is 58.1 cm³/mol. The fraction of sp³-hybridized carbons (Fsp3) is 0.909. The molecule has 2 aliphatic rings. The standard InChI is InChI=1S/C9H17NO.C2HF3O2/c11-9(6-10-7-9)8-4-2-1-3-5-8;3-2(4,5)1(6)7/h8,10-11H,1-7H2;(H,6,7). The van der Waals surface area contributed by atoms with Gasteiger partial charge in [-0.15, -0.1) is 0 Å². The Bertz CT molecular complexity index is 284. The molecule has 2 rings (SSSR count). The fourth-order valence-electron chi connectivity index (χ4n) is 2.31. The number of carbonyl (C=O) groups is 1. The van der Waals surface area contributed by atoms with E-state index in [1.165, 1.54) is 32.1 Å². The van der Waals surface area contributed by atoms with Crippen LogP contribution in [0, 0.1) is 5.92 Å². The molecular weight excluding hydrogens is 251 g/mol. The molecule has 0 radical (unpaired) electrons. The Labute approximate surface area is 103 Å². The number of hydrogen-bond acceptors (Lipinski definition) is 3. The maximum absolute atomic E-state index is 10.6. The van der Waals surface area contributed by atoms with Crippen molar-refractivity contribution in [3.8, 4) is 0 Å². The molecule has 1 aliphatic heterocycles. The maximum Gasteiger partial charge on any atom is 0.490 e. The van der Waals surface area contributed by atoms with Gasteiger partial charge >= 0.3 is 12.1 Å². The topological polar surface area (TPSA) is 69.6 Å². The van der Waals surface area contributed by atoms with Crippen LogP contribution in [-0.2, 0) is 4.79 Å². The first-order chi connectivity index (χ1) is 8.26. The van der Waals surface area contributed by atoms with E-state index >= 15 is 0 Å². The summed E-state index contributed by atoms with van der Waals surface area (Å²) in [5.74, 6) is -2.16. The summed E-state index contributed by atoms with van der Waals surface area (Å²) in [7, 11) is 0. The lowest BCUT2D eigenvalue weighted by atomic mass is 9.74. The SMILES string of the molecule is O=C(O)C(F)(F)F.OC1(C2CCCCC2)CNC1. The van der Waals surface area contributed by atoms with E-state index in [4.69, 9.17) is 9.90 Å². The summed E-state index contributed by atoms with van der Waals surface area (Å²) in [5.41, 5.74) is -0.319. The smallest absolute Gasteiger partial charge is 0.475 e. The van der Waals surface area contributed by atoms with Crippen LogP contribution >= 0.6 is 0 Å². The van der Waals surface area contributed by atoms with E-state index in [1.807, 2.05) is 0 Å². The van der Waals surface area contributed by atoms with Gasteiger partial charge < -0.3 is 15.5 Å². The zero-order valence-electron chi connectivity index (χ0n) is 9.96. The fourth-order valence-corrected chi connectivity index (χ4v) is 2.31. The Morgan fingerprint density at radius 3 is 1.89 bits per heavy atom. The molecule has 0 spiro atoms. The van der Waals surface area contributed by atoms with Crippen molar-refractivity contribution in [2.45, 2.75) is 43.9 Å². The minimum atomic E-state index is -5.08. The highest BCUT2D eigenvalue weighted by Gasteiger charge is 2.42. The van der Waals surface area contributed by atoms with Gasteiger partial charge in [-0.25, -0.2) is 4.79 Å². The molecule has 0 aromatic rings. The summed E-state index contributed by atoms with van der Waals surface area (Å²) in [6.45, 7) is 1.66. The van der Waals surface area contributed by atoms with Crippen LogP contribution in [0.1, 0.15) is 32.1 Å². The van der Waals surface area contributed by atoms with E-state index in [0.29, 0.717) is 5.92 Å². The number of carboxylic acid groups (broad SMARTS) is 1. The molecule has 106 valence electrons. The van der Waals surface area contributed by atoms with E-state index in [-0.39, 0.29) is 5.60 Å². The minimum absolute atomic E-state index is 0.319.